The molecule has 0 unspecified atom stereocenters. The van der Waals surface area contributed by atoms with Crippen molar-refractivity contribution in [1.29, 1.82) is 0 Å². The highest BCUT2D eigenvalue weighted by Gasteiger charge is 2.37. The minimum absolute atomic E-state index is 0.101. The molecule has 0 fully saturated rings. The number of esters is 1. The summed E-state index contributed by atoms with van der Waals surface area (Å²) >= 11 is 0. The number of carbonyl (C=O) groups is 3. The number of benzene rings is 3. The molecule has 1 aliphatic rings. The quantitative estimate of drug-likeness (QED) is 0.490. The predicted octanol–water partition coefficient (Wildman–Crippen LogP) is 4.27. The van der Waals surface area contributed by atoms with Gasteiger partial charge in [0.05, 0.1) is 13.7 Å². The Morgan fingerprint density at radius 1 is 0.919 bits per heavy atom. The first kappa shape index (κ1) is 25.9. The fraction of sp³-hybridized carbons (Fsp3) is 0.300. The number of hydrogen-bond donors (Lipinski definition) is 1. The molecule has 0 aromatic heterocycles. The number of rotatable bonds is 7. The molecule has 3 aromatic carbocycles. The molecule has 1 N–H and O–H groups in total. The summed E-state index contributed by atoms with van der Waals surface area (Å²) in [7, 11) is 1.30. The van der Waals surface area contributed by atoms with Crippen molar-refractivity contribution >= 4 is 18.0 Å². The van der Waals surface area contributed by atoms with Crippen molar-refractivity contribution in [2.75, 3.05) is 7.11 Å². The van der Waals surface area contributed by atoms with Gasteiger partial charge in [-0.15, -0.1) is 0 Å². The molecule has 37 heavy (non-hydrogen) atoms. The number of methoxy groups -OCH3 is 1. The third-order valence-corrected chi connectivity index (χ3v) is 6.85. The second kappa shape index (κ2) is 11.7. The number of hydrogen-bond acceptors (Lipinski definition) is 5. The van der Waals surface area contributed by atoms with Crippen molar-refractivity contribution in [2.45, 2.75) is 51.9 Å². The fourth-order valence-electron chi connectivity index (χ4n) is 4.73. The summed E-state index contributed by atoms with van der Waals surface area (Å²) in [5, 5.41) is 2.87. The monoisotopic (exact) mass is 500 g/mol. The molecule has 0 aliphatic carbocycles. The average molecular weight is 501 g/mol. The Bertz CT molecular complexity index is 1250. The zero-order chi connectivity index (χ0) is 26.4. The van der Waals surface area contributed by atoms with Crippen LogP contribution < -0.4 is 5.32 Å². The molecule has 7 nitrogen and oxygen atoms in total. The van der Waals surface area contributed by atoms with Gasteiger partial charge in [0, 0.05) is 12.8 Å². The zero-order valence-electron chi connectivity index (χ0n) is 21.4. The van der Waals surface area contributed by atoms with E-state index in [0.717, 1.165) is 33.4 Å². The third-order valence-electron chi connectivity index (χ3n) is 6.85. The molecule has 0 radical (unpaired) electrons. The van der Waals surface area contributed by atoms with Gasteiger partial charge in [0.1, 0.15) is 18.7 Å². The molecule has 1 heterocycles. The zero-order valence-corrected chi connectivity index (χ0v) is 21.4. The van der Waals surface area contributed by atoms with E-state index < -0.39 is 30.1 Å². The Hall–Kier alpha value is -4.13. The van der Waals surface area contributed by atoms with E-state index >= 15 is 0 Å². The number of ether oxygens (including phenoxy) is 2. The maximum absolute atomic E-state index is 13.6. The molecule has 192 valence electrons. The minimum Gasteiger partial charge on any atom is -0.467 e. The molecule has 0 bridgehead atoms. The number of carbonyl (C=O) groups excluding carboxylic acids is 3. The van der Waals surface area contributed by atoms with Crippen molar-refractivity contribution in [2.24, 2.45) is 0 Å². The topological polar surface area (TPSA) is 84.9 Å². The van der Waals surface area contributed by atoms with Crippen LogP contribution in [0.25, 0.3) is 0 Å². The van der Waals surface area contributed by atoms with Crippen molar-refractivity contribution in [3.63, 3.8) is 0 Å². The van der Waals surface area contributed by atoms with E-state index in [1.54, 1.807) is 0 Å². The highest BCUT2D eigenvalue weighted by atomic mass is 16.6. The first-order valence-electron chi connectivity index (χ1n) is 12.3. The standard InChI is InChI=1S/C30H32N2O5/c1-20-10-9-11-21(2)25(20)17-26(29(34)36-3)31-28(33)27-16-23-14-7-8-15-24(23)18-32(27)30(35)37-19-22-12-5-4-6-13-22/h4-15,26-27H,16-19H2,1-3H3,(H,31,33)/t26-,27+/m1/s1. The Morgan fingerprint density at radius 2 is 1.57 bits per heavy atom. The second-order valence-electron chi connectivity index (χ2n) is 9.32. The molecule has 2 amide bonds. The minimum atomic E-state index is -0.892. The fourth-order valence-corrected chi connectivity index (χ4v) is 4.73. The van der Waals surface area contributed by atoms with Gasteiger partial charge in [-0.05, 0) is 47.2 Å². The number of amides is 2. The van der Waals surface area contributed by atoms with Crippen LogP contribution in [-0.2, 0) is 45.1 Å². The summed E-state index contributed by atoms with van der Waals surface area (Å²) in [4.78, 5) is 40.9. The molecular formula is C30H32N2O5. The summed E-state index contributed by atoms with van der Waals surface area (Å²) in [5.41, 5.74) is 5.84. The summed E-state index contributed by atoms with van der Waals surface area (Å²) < 4.78 is 10.6. The van der Waals surface area contributed by atoms with E-state index in [1.165, 1.54) is 12.0 Å². The summed E-state index contributed by atoms with van der Waals surface area (Å²) in [5.74, 6) is -0.960. The van der Waals surface area contributed by atoms with Gasteiger partial charge in [-0.3, -0.25) is 9.69 Å². The van der Waals surface area contributed by atoms with Gasteiger partial charge < -0.3 is 14.8 Å². The summed E-state index contributed by atoms with van der Waals surface area (Å²) in [6.45, 7) is 4.28. The van der Waals surface area contributed by atoms with E-state index in [1.807, 2.05) is 86.6 Å². The molecule has 7 heteroatoms. The number of aryl methyl sites for hydroxylation is 2. The van der Waals surface area contributed by atoms with Crippen molar-refractivity contribution in [3.8, 4) is 0 Å². The van der Waals surface area contributed by atoms with Crippen LogP contribution in [-0.4, -0.2) is 42.1 Å². The molecule has 4 rings (SSSR count). The normalized spacial score (nSPS) is 15.3. The van der Waals surface area contributed by atoms with Gasteiger partial charge in [0.2, 0.25) is 5.91 Å². The lowest BCUT2D eigenvalue weighted by molar-refractivity contribution is -0.145. The van der Waals surface area contributed by atoms with Crippen LogP contribution in [0.1, 0.15) is 33.4 Å². The van der Waals surface area contributed by atoms with Gasteiger partial charge in [-0.25, -0.2) is 9.59 Å². The Balaban J connectivity index is 1.55. The molecular weight excluding hydrogens is 468 g/mol. The average Bonchev–Trinajstić information content (AvgIpc) is 2.92. The Kier molecular flexibility index (Phi) is 8.23. The van der Waals surface area contributed by atoms with Gasteiger partial charge in [-0.2, -0.15) is 0 Å². The van der Waals surface area contributed by atoms with Crippen LogP contribution in [0, 0.1) is 13.8 Å². The van der Waals surface area contributed by atoms with E-state index in [0.29, 0.717) is 12.8 Å². The molecule has 0 spiro atoms. The maximum Gasteiger partial charge on any atom is 0.411 e. The van der Waals surface area contributed by atoms with Gasteiger partial charge in [0.15, 0.2) is 0 Å². The van der Waals surface area contributed by atoms with Crippen LogP contribution in [0.5, 0.6) is 0 Å². The molecule has 0 saturated heterocycles. The molecule has 3 aromatic rings. The van der Waals surface area contributed by atoms with Crippen LogP contribution in [0.3, 0.4) is 0 Å². The molecule has 0 saturated carbocycles. The van der Waals surface area contributed by atoms with Crippen molar-refractivity contribution < 1.29 is 23.9 Å². The Labute approximate surface area is 217 Å². The lowest BCUT2D eigenvalue weighted by Crippen LogP contribution is -2.56. The van der Waals surface area contributed by atoms with Crippen LogP contribution in [0.15, 0.2) is 72.8 Å². The lowest BCUT2D eigenvalue weighted by Gasteiger charge is -2.35. The predicted molar refractivity (Wildman–Crippen MR) is 140 cm³/mol. The third kappa shape index (κ3) is 6.17. The van der Waals surface area contributed by atoms with E-state index in [4.69, 9.17) is 9.47 Å². The van der Waals surface area contributed by atoms with Crippen LogP contribution in [0.4, 0.5) is 4.79 Å². The largest absolute Gasteiger partial charge is 0.467 e. The first-order chi connectivity index (χ1) is 17.9. The highest BCUT2D eigenvalue weighted by Crippen LogP contribution is 2.25. The van der Waals surface area contributed by atoms with Crippen LogP contribution >= 0.6 is 0 Å². The van der Waals surface area contributed by atoms with E-state index in [2.05, 4.69) is 5.32 Å². The van der Waals surface area contributed by atoms with Crippen molar-refractivity contribution in [1.82, 2.24) is 10.2 Å². The van der Waals surface area contributed by atoms with Crippen molar-refractivity contribution in [3.05, 3.63) is 106 Å². The van der Waals surface area contributed by atoms with Crippen LogP contribution in [0.2, 0.25) is 0 Å². The molecule has 1 aliphatic heterocycles. The van der Waals surface area contributed by atoms with Gasteiger partial charge in [-0.1, -0.05) is 72.8 Å². The highest BCUT2D eigenvalue weighted by molar-refractivity contribution is 5.90. The number of nitrogens with zero attached hydrogens (tertiary/aromatic N) is 1. The summed E-state index contributed by atoms with van der Waals surface area (Å²) in [6.07, 6.45) is 0.0289. The number of fused-ring (bicyclic) bond motifs is 1. The summed E-state index contributed by atoms with van der Waals surface area (Å²) in [6, 6.07) is 21.3. The maximum atomic E-state index is 13.6. The second-order valence-corrected chi connectivity index (χ2v) is 9.32. The molecule has 2 atom stereocenters. The smallest absolute Gasteiger partial charge is 0.411 e. The first-order valence-corrected chi connectivity index (χ1v) is 12.3. The number of nitrogens with one attached hydrogen (secondary N) is 1. The lowest BCUT2D eigenvalue weighted by atomic mass is 9.93. The SMILES string of the molecule is COC(=O)[C@@H](Cc1c(C)cccc1C)NC(=O)[C@@H]1Cc2ccccc2CN1C(=O)OCc1ccccc1. The van der Waals surface area contributed by atoms with Gasteiger partial charge in [0.25, 0.3) is 0 Å². The Morgan fingerprint density at radius 3 is 2.24 bits per heavy atom. The van der Waals surface area contributed by atoms with E-state index in [9.17, 15) is 14.4 Å². The van der Waals surface area contributed by atoms with E-state index in [-0.39, 0.29) is 13.2 Å². The van der Waals surface area contributed by atoms with Gasteiger partial charge >= 0.3 is 12.1 Å².